The molecule has 0 aliphatic heterocycles. The van der Waals surface area contributed by atoms with Crippen molar-refractivity contribution in [3.8, 4) is 0 Å². The van der Waals surface area contributed by atoms with Crippen LogP contribution in [-0.4, -0.2) is 24.0 Å². The number of urea groups is 1. The molecule has 14 heteroatoms. The number of nitrogens with one attached hydrogen (secondary N) is 2. The van der Waals surface area contributed by atoms with Crippen molar-refractivity contribution in [2.24, 2.45) is 0 Å². The van der Waals surface area contributed by atoms with Gasteiger partial charge in [0.1, 0.15) is 23.0 Å². The van der Waals surface area contributed by atoms with Gasteiger partial charge in [-0.2, -0.15) is 30.7 Å². The minimum absolute atomic E-state index is 0.0172. The van der Waals surface area contributed by atoms with Crippen molar-refractivity contribution >= 4 is 17.6 Å². The van der Waals surface area contributed by atoms with E-state index in [-0.39, 0.29) is 18.2 Å². The standard InChI is InChI=1S/C17H8F10N2O2/c18-8-2-1-3-9(19)12(8)13(30)29-14(31)28-11-5-4-7(6-10(11)20)15(21,22)16(23,24)17(25,26)27/h1-6H,(H2,28,29,30,31). The molecule has 0 aliphatic rings. The van der Waals surface area contributed by atoms with Gasteiger partial charge in [0.05, 0.1) is 5.69 Å². The summed E-state index contributed by atoms with van der Waals surface area (Å²) in [5.41, 5.74) is -4.25. The summed E-state index contributed by atoms with van der Waals surface area (Å²) in [6.45, 7) is 0. The van der Waals surface area contributed by atoms with Crippen LogP contribution >= 0.6 is 0 Å². The molecule has 2 aromatic carbocycles. The smallest absolute Gasteiger partial charge is 0.305 e. The Bertz CT molecular complexity index is 1000. The molecule has 0 atom stereocenters. The number of benzene rings is 2. The molecule has 0 aliphatic carbocycles. The fraction of sp³-hybridized carbons (Fsp3) is 0.176. The lowest BCUT2D eigenvalue weighted by molar-refractivity contribution is -0.359. The molecule has 2 N–H and O–H groups in total. The van der Waals surface area contributed by atoms with Gasteiger partial charge in [-0.3, -0.25) is 10.1 Å². The number of amides is 3. The molecule has 0 saturated carbocycles. The number of carbonyl (C=O) groups excluding carboxylic acids is 2. The van der Waals surface area contributed by atoms with Crippen molar-refractivity contribution < 1.29 is 53.5 Å². The van der Waals surface area contributed by atoms with Crippen LogP contribution < -0.4 is 10.6 Å². The molecular formula is C17H8F10N2O2. The fourth-order valence-corrected chi connectivity index (χ4v) is 2.20. The van der Waals surface area contributed by atoms with Gasteiger partial charge >= 0.3 is 24.1 Å². The van der Waals surface area contributed by atoms with Crippen molar-refractivity contribution in [3.05, 3.63) is 65.0 Å². The number of halogens is 10. The van der Waals surface area contributed by atoms with Gasteiger partial charge in [0.2, 0.25) is 0 Å². The quantitative estimate of drug-likeness (QED) is 0.602. The lowest BCUT2D eigenvalue weighted by Crippen LogP contribution is -2.50. The number of rotatable bonds is 4. The number of alkyl halides is 7. The third-order valence-corrected chi connectivity index (χ3v) is 3.75. The first-order valence-corrected chi connectivity index (χ1v) is 7.78. The summed E-state index contributed by atoms with van der Waals surface area (Å²) >= 11 is 0. The number of hydrogen-bond donors (Lipinski definition) is 2. The van der Waals surface area contributed by atoms with E-state index in [1.165, 1.54) is 5.32 Å². The summed E-state index contributed by atoms with van der Waals surface area (Å²) in [6.07, 6.45) is -6.65. The van der Waals surface area contributed by atoms with E-state index in [9.17, 15) is 53.5 Å². The lowest BCUT2D eigenvalue weighted by atomic mass is 10.0. The Hall–Kier alpha value is -3.32. The highest BCUT2D eigenvalue weighted by molar-refractivity contribution is 6.08. The molecule has 2 rings (SSSR count). The molecule has 0 radical (unpaired) electrons. The van der Waals surface area contributed by atoms with E-state index < -0.39 is 64.2 Å². The van der Waals surface area contributed by atoms with Gasteiger partial charge in [-0.25, -0.2) is 18.0 Å². The first kappa shape index (κ1) is 24.0. The van der Waals surface area contributed by atoms with Crippen molar-refractivity contribution in [1.82, 2.24) is 5.32 Å². The molecule has 2 aromatic rings. The van der Waals surface area contributed by atoms with Crippen LogP contribution in [-0.2, 0) is 5.92 Å². The normalized spacial score (nSPS) is 12.5. The summed E-state index contributed by atoms with van der Waals surface area (Å²) in [7, 11) is 0. The monoisotopic (exact) mass is 462 g/mol. The van der Waals surface area contributed by atoms with Gasteiger partial charge in [0.15, 0.2) is 0 Å². The number of anilines is 1. The summed E-state index contributed by atoms with van der Waals surface area (Å²) in [5, 5.41) is 2.94. The Labute approximate surface area is 165 Å². The molecule has 0 spiro atoms. The zero-order chi connectivity index (χ0) is 23.8. The van der Waals surface area contributed by atoms with Crippen LogP contribution in [0.25, 0.3) is 0 Å². The second-order valence-electron chi connectivity index (χ2n) is 5.85. The van der Waals surface area contributed by atoms with Gasteiger partial charge in [-0.15, -0.1) is 0 Å². The van der Waals surface area contributed by atoms with Gasteiger partial charge in [0.25, 0.3) is 5.91 Å². The zero-order valence-corrected chi connectivity index (χ0v) is 14.6. The van der Waals surface area contributed by atoms with E-state index in [1.807, 2.05) is 0 Å². The number of carbonyl (C=O) groups is 2. The largest absolute Gasteiger partial charge is 0.460 e. The molecule has 0 heterocycles. The maximum absolute atomic E-state index is 13.9. The second-order valence-corrected chi connectivity index (χ2v) is 5.85. The van der Waals surface area contributed by atoms with Gasteiger partial charge < -0.3 is 5.32 Å². The summed E-state index contributed by atoms with van der Waals surface area (Å²) in [4.78, 5) is 23.4. The van der Waals surface area contributed by atoms with E-state index in [2.05, 4.69) is 0 Å². The first-order chi connectivity index (χ1) is 14.1. The highest BCUT2D eigenvalue weighted by Gasteiger charge is 2.73. The second kappa shape index (κ2) is 8.07. The Morgan fingerprint density at radius 3 is 1.81 bits per heavy atom. The molecule has 4 nitrogen and oxygen atoms in total. The summed E-state index contributed by atoms with van der Waals surface area (Å²) < 4.78 is 131. The predicted molar refractivity (Wildman–Crippen MR) is 84.1 cm³/mol. The van der Waals surface area contributed by atoms with Crippen LogP contribution in [0.5, 0.6) is 0 Å². The number of imide groups is 1. The average Bonchev–Trinajstić information content (AvgIpc) is 2.62. The van der Waals surface area contributed by atoms with Crippen molar-refractivity contribution in [2.45, 2.75) is 18.0 Å². The lowest BCUT2D eigenvalue weighted by Gasteiger charge is -2.28. The van der Waals surface area contributed by atoms with E-state index >= 15 is 0 Å². The van der Waals surface area contributed by atoms with Crippen LogP contribution in [0.15, 0.2) is 36.4 Å². The van der Waals surface area contributed by atoms with Gasteiger partial charge in [-0.05, 0) is 24.3 Å². The maximum Gasteiger partial charge on any atom is 0.460 e. The fourth-order valence-electron chi connectivity index (χ4n) is 2.20. The van der Waals surface area contributed by atoms with Crippen molar-refractivity contribution in [1.29, 1.82) is 0 Å². The van der Waals surface area contributed by atoms with Crippen LogP contribution in [0.3, 0.4) is 0 Å². The van der Waals surface area contributed by atoms with E-state index in [0.717, 1.165) is 6.07 Å². The average molecular weight is 462 g/mol. The zero-order valence-electron chi connectivity index (χ0n) is 14.6. The Morgan fingerprint density at radius 1 is 0.774 bits per heavy atom. The molecular weight excluding hydrogens is 454 g/mol. The SMILES string of the molecule is O=C(NC(=O)c1c(F)cccc1F)Nc1ccc(C(F)(F)C(F)(F)C(F)(F)F)cc1F. The predicted octanol–water partition coefficient (Wildman–Crippen LogP) is 5.36. The van der Waals surface area contributed by atoms with Crippen LogP contribution in [0.1, 0.15) is 15.9 Å². The third kappa shape index (κ3) is 4.56. The van der Waals surface area contributed by atoms with Crippen LogP contribution in [0, 0.1) is 17.5 Å². The van der Waals surface area contributed by atoms with Crippen LogP contribution in [0.4, 0.5) is 54.4 Å². The van der Waals surface area contributed by atoms with Crippen molar-refractivity contribution in [2.75, 3.05) is 5.32 Å². The molecule has 0 bridgehead atoms. The summed E-state index contributed by atoms with van der Waals surface area (Å²) in [6, 6.07) is 0.488. The van der Waals surface area contributed by atoms with Gasteiger partial charge in [-0.1, -0.05) is 12.1 Å². The third-order valence-electron chi connectivity index (χ3n) is 3.75. The highest BCUT2D eigenvalue weighted by Crippen LogP contribution is 2.51. The first-order valence-electron chi connectivity index (χ1n) is 7.78. The number of hydrogen-bond acceptors (Lipinski definition) is 2. The molecule has 0 fully saturated rings. The van der Waals surface area contributed by atoms with E-state index in [4.69, 9.17) is 0 Å². The molecule has 3 amide bonds. The van der Waals surface area contributed by atoms with Gasteiger partial charge in [0, 0.05) is 5.56 Å². The Kier molecular flexibility index (Phi) is 6.24. The minimum atomic E-state index is -6.65. The van der Waals surface area contributed by atoms with Crippen molar-refractivity contribution in [3.63, 3.8) is 0 Å². The molecule has 0 unspecified atom stereocenters. The summed E-state index contributed by atoms with van der Waals surface area (Å²) in [5.74, 6) is -18.6. The van der Waals surface area contributed by atoms with E-state index in [1.54, 1.807) is 5.32 Å². The molecule has 31 heavy (non-hydrogen) atoms. The maximum atomic E-state index is 13.9. The minimum Gasteiger partial charge on any atom is -0.305 e. The Morgan fingerprint density at radius 2 is 1.32 bits per heavy atom. The molecule has 168 valence electrons. The molecule has 0 saturated heterocycles. The Balaban J connectivity index is 2.21. The van der Waals surface area contributed by atoms with E-state index in [0.29, 0.717) is 12.1 Å². The molecule has 0 aromatic heterocycles. The topological polar surface area (TPSA) is 58.2 Å². The van der Waals surface area contributed by atoms with Crippen LogP contribution in [0.2, 0.25) is 0 Å². The highest BCUT2D eigenvalue weighted by atomic mass is 19.4.